The first kappa shape index (κ1) is 12.8. The second-order valence-electron chi connectivity index (χ2n) is 3.58. The topological polar surface area (TPSA) is 30.5 Å². The van der Waals surface area contributed by atoms with Gasteiger partial charge in [-0.05, 0) is 32.5 Å². The molecule has 0 aromatic heterocycles. The van der Waals surface area contributed by atoms with E-state index in [1.54, 1.807) is 0 Å². The van der Waals surface area contributed by atoms with Gasteiger partial charge in [0.15, 0.2) is 11.5 Å². The van der Waals surface area contributed by atoms with Gasteiger partial charge in [-0.3, -0.25) is 0 Å². The predicted octanol–water partition coefficient (Wildman–Crippen LogP) is 2.46. The van der Waals surface area contributed by atoms with Crippen molar-refractivity contribution >= 4 is 0 Å². The van der Waals surface area contributed by atoms with Gasteiger partial charge in [-0.1, -0.05) is 19.1 Å². The van der Waals surface area contributed by atoms with Crippen LogP contribution in [0.4, 0.5) is 0 Å². The quantitative estimate of drug-likeness (QED) is 0.770. The van der Waals surface area contributed by atoms with Crippen molar-refractivity contribution in [3.05, 3.63) is 24.3 Å². The molecule has 0 fully saturated rings. The fourth-order valence-corrected chi connectivity index (χ4v) is 1.44. The molecule has 16 heavy (non-hydrogen) atoms. The first-order valence-electron chi connectivity index (χ1n) is 5.83. The van der Waals surface area contributed by atoms with Crippen molar-refractivity contribution in [2.45, 2.75) is 26.3 Å². The zero-order valence-electron chi connectivity index (χ0n) is 10.3. The molecule has 90 valence electrons. The molecule has 0 spiro atoms. The molecule has 0 saturated carbocycles. The molecule has 3 heteroatoms. The number of likely N-dealkylation sites (N-methyl/N-ethyl adjacent to an activating group) is 1. The van der Waals surface area contributed by atoms with E-state index < -0.39 is 0 Å². The van der Waals surface area contributed by atoms with Crippen LogP contribution in [-0.4, -0.2) is 26.3 Å². The first-order valence-corrected chi connectivity index (χ1v) is 5.83. The fraction of sp³-hybridized carbons (Fsp3) is 0.538. The van der Waals surface area contributed by atoms with E-state index in [2.05, 4.69) is 12.2 Å². The number of nitrogens with one attached hydrogen (secondary N) is 1. The van der Waals surface area contributed by atoms with Crippen LogP contribution >= 0.6 is 0 Å². The lowest BCUT2D eigenvalue weighted by molar-refractivity contribution is 0.246. The van der Waals surface area contributed by atoms with Crippen LogP contribution in [0, 0.1) is 0 Å². The van der Waals surface area contributed by atoms with Crippen molar-refractivity contribution in [2.24, 2.45) is 0 Å². The van der Waals surface area contributed by atoms with Gasteiger partial charge in [0.05, 0.1) is 6.61 Å². The van der Waals surface area contributed by atoms with E-state index >= 15 is 0 Å². The van der Waals surface area contributed by atoms with E-state index in [1.807, 2.05) is 38.2 Å². The molecule has 1 aromatic carbocycles. The number of rotatable bonds is 7. The van der Waals surface area contributed by atoms with Gasteiger partial charge in [0.2, 0.25) is 0 Å². The highest BCUT2D eigenvalue weighted by atomic mass is 16.5. The van der Waals surface area contributed by atoms with Gasteiger partial charge in [0.25, 0.3) is 0 Å². The monoisotopic (exact) mass is 223 g/mol. The maximum Gasteiger partial charge on any atom is 0.161 e. The Balaban J connectivity index is 2.58. The number of ether oxygens (including phenoxy) is 2. The normalized spacial score (nSPS) is 12.2. The Bertz CT molecular complexity index is 298. The van der Waals surface area contributed by atoms with Crippen LogP contribution in [0.25, 0.3) is 0 Å². The number of benzene rings is 1. The average Bonchev–Trinajstić information content (AvgIpc) is 2.33. The standard InChI is InChI=1S/C13H21NO2/c1-4-11(14-3)10-16-13-9-7-6-8-12(13)15-5-2/h6-9,11,14H,4-5,10H2,1-3H3. The number of hydrogen-bond acceptors (Lipinski definition) is 3. The molecule has 1 rings (SSSR count). The summed E-state index contributed by atoms with van der Waals surface area (Å²) in [5.41, 5.74) is 0. The molecule has 1 atom stereocenters. The van der Waals surface area contributed by atoms with Gasteiger partial charge < -0.3 is 14.8 Å². The molecule has 1 unspecified atom stereocenters. The number of hydrogen-bond donors (Lipinski definition) is 1. The van der Waals surface area contributed by atoms with Gasteiger partial charge in [0.1, 0.15) is 6.61 Å². The summed E-state index contributed by atoms with van der Waals surface area (Å²) in [4.78, 5) is 0. The van der Waals surface area contributed by atoms with E-state index in [0.717, 1.165) is 17.9 Å². The second-order valence-corrected chi connectivity index (χ2v) is 3.58. The minimum atomic E-state index is 0.384. The van der Waals surface area contributed by atoms with Gasteiger partial charge >= 0.3 is 0 Å². The van der Waals surface area contributed by atoms with Crippen LogP contribution < -0.4 is 14.8 Å². The van der Waals surface area contributed by atoms with E-state index in [1.165, 1.54) is 0 Å². The SMILES string of the molecule is CCOc1ccccc1OCC(CC)NC. The maximum absolute atomic E-state index is 5.75. The third-order valence-electron chi connectivity index (χ3n) is 2.49. The average molecular weight is 223 g/mol. The molecule has 1 N–H and O–H groups in total. The van der Waals surface area contributed by atoms with E-state index in [4.69, 9.17) is 9.47 Å². The van der Waals surface area contributed by atoms with Crippen LogP contribution in [0.15, 0.2) is 24.3 Å². The summed E-state index contributed by atoms with van der Waals surface area (Å²) in [6.07, 6.45) is 1.05. The van der Waals surface area contributed by atoms with Gasteiger partial charge in [-0.15, -0.1) is 0 Å². The highest BCUT2D eigenvalue weighted by Crippen LogP contribution is 2.26. The van der Waals surface area contributed by atoms with E-state index in [9.17, 15) is 0 Å². The summed E-state index contributed by atoms with van der Waals surface area (Å²) in [6, 6.07) is 8.16. The molecule has 0 aliphatic rings. The zero-order valence-corrected chi connectivity index (χ0v) is 10.3. The molecule has 0 aliphatic carbocycles. The zero-order chi connectivity index (χ0) is 11.8. The minimum absolute atomic E-state index is 0.384. The highest BCUT2D eigenvalue weighted by molar-refractivity contribution is 5.39. The summed E-state index contributed by atoms with van der Waals surface area (Å²) in [5.74, 6) is 1.63. The van der Waals surface area contributed by atoms with Crippen molar-refractivity contribution in [3.63, 3.8) is 0 Å². The highest BCUT2D eigenvalue weighted by Gasteiger charge is 2.07. The molecule has 0 radical (unpaired) electrons. The Morgan fingerprint density at radius 2 is 1.75 bits per heavy atom. The van der Waals surface area contributed by atoms with E-state index in [-0.39, 0.29) is 0 Å². The van der Waals surface area contributed by atoms with Crippen LogP contribution in [0.5, 0.6) is 11.5 Å². The van der Waals surface area contributed by atoms with Crippen LogP contribution in [0.1, 0.15) is 20.3 Å². The molecule has 3 nitrogen and oxygen atoms in total. The summed E-state index contributed by atoms with van der Waals surface area (Å²) in [5, 5.41) is 3.21. The molecule has 0 bridgehead atoms. The molecular weight excluding hydrogens is 202 g/mol. The van der Waals surface area contributed by atoms with E-state index in [0.29, 0.717) is 19.3 Å². The Hall–Kier alpha value is -1.22. The Morgan fingerprint density at radius 1 is 1.12 bits per heavy atom. The molecule has 0 heterocycles. The molecular formula is C13H21NO2. The lowest BCUT2D eigenvalue weighted by Gasteiger charge is -2.16. The Morgan fingerprint density at radius 3 is 2.25 bits per heavy atom. The summed E-state index contributed by atoms with van der Waals surface area (Å²) in [6.45, 7) is 5.43. The lowest BCUT2D eigenvalue weighted by atomic mass is 10.2. The largest absolute Gasteiger partial charge is 0.490 e. The fourth-order valence-electron chi connectivity index (χ4n) is 1.44. The second kappa shape index (κ2) is 7.12. The third kappa shape index (κ3) is 3.74. The summed E-state index contributed by atoms with van der Waals surface area (Å²) in [7, 11) is 1.95. The minimum Gasteiger partial charge on any atom is -0.490 e. The smallest absolute Gasteiger partial charge is 0.161 e. The van der Waals surface area contributed by atoms with Gasteiger partial charge in [0, 0.05) is 6.04 Å². The third-order valence-corrected chi connectivity index (χ3v) is 2.49. The van der Waals surface area contributed by atoms with Gasteiger partial charge in [-0.2, -0.15) is 0 Å². The molecule has 0 saturated heterocycles. The van der Waals surface area contributed by atoms with Crippen molar-refractivity contribution in [1.29, 1.82) is 0 Å². The van der Waals surface area contributed by atoms with Crippen molar-refractivity contribution in [1.82, 2.24) is 5.32 Å². The van der Waals surface area contributed by atoms with Crippen LogP contribution in [-0.2, 0) is 0 Å². The first-order chi connectivity index (χ1) is 7.81. The summed E-state index contributed by atoms with van der Waals surface area (Å²) < 4.78 is 11.2. The Kier molecular flexibility index (Phi) is 5.72. The molecule has 1 aromatic rings. The van der Waals surface area contributed by atoms with Crippen molar-refractivity contribution in [2.75, 3.05) is 20.3 Å². The molecule has 0 aliphatic heterocycles. The van der Waals surface area contributed by atoms with Crippen LogP contribution in [0.2, 0.25) is 0 Å². The van der Waals surface area contributed by atoms with Gasteiger partial charge in [-0.25, -0.2) is 0 Å². The van der Waals surface area contributed by atoms with Crippen molar-refractivity contribution in [3.8, 4) is 11.5 Å². The Labute approximate surface area is 97.8 Å². The summed E-state index contributed by atoms with van der Waals surface area (Å²) >= 11 is 0. The lowest BCUT2D eigenvalue weighted by Crippen LogP contribution is -2.30. The number of para-hydroxylation sites is 2. The van der Waals surface area contributed by atoms with Crippen molar-refractivity contribution < 1.29 is 9.47 Å². The molecule has 0 amide bonds. The van der Waals surface area contributed by atoms with Crippen LogP contribution in [0.3, 0.4) is 0 Å². The predicted molar refractivity (Wildman–Crippen MR) is 66.2 cm³/mol. The maximum atomic E-state index is 5.75.